The Morgan fingerprint density at radius 1 is 1.52 bits per heavy atom. The standard InChI is InChI=1S/C17H24N2O3S/c1-22-9-8-19-14-3-2-6-17(14,7-4-15(19)20)12-18-16(21)13-5-10-23-11-13/h5,10-11,14H,2-4,6-9,12H2,1H3,(H,18,21)/t14-,17+/m1/s1. The number of ether oxygens (including phenoxy) is 1. The zero-order valence-electron chi connectivity index (χ0n) is 13.5. The summed E-state index contributed by atoms with van der Waals surface area (Å²) in [6.45, 7) is 1.88. The quantitative estimate of drug-likeness (QED) is 0.867. The second-order valence-corrected chi connectivity index (χ2v) is 7.33. The Balaban J connectivity index is 1.68. The van der Waals surface area contributed by atoms with E-state index in [1.165, 1.54) is 11.3 Å². The van der Waals surface area contributed by atoms with Crippen LogP contribution < -0.4 is 5.32 Å². The average Bonchev–Trinajstić information content (AvgIpc) is 3.22. The number of methoxy groups -OCH3 is 1. The zero-order valence-corrected chi connectivity index (χ0v) is 14.4. The van der Waals surface area contributed by atoms with E-state index in [1.807, 2.05) is 21.7 Å². The SMILES string of the molecule is COCCN1C(=O)CC[C@]2(CNC(=O)c3ccsc3)CCC[C@@H]12. The molecule has 2 aliphatic rings. The molecule has 2 amide bonds. The van der Waals surface area contributed by atoms with Crippen molar-refractivity contribution in [2.45, 2.75) is 38.1 Å². The molecule has 0 aromatic carbocycles. The highest BCUT2D eigenvalue weighted by Crippen LogP contribution is 2.47. The Hall–Kier alpha value is -1.40. The van der Waals surface area contributed by atoms with Crippen LogP contribution >= 0.6 is 11.3 Å². The number of likely N-dealkylation sites (tertiary alicyclic amines) is 1. The van der Waals surface area contributed by atoms with Crippen molar-refractivity contribution in [2.24, 2.45) is 5.41 Å². The Labute approximate surface area is 141 Å². The molecule has 5 nitrogen and oxygen atoms in total. The van der Waals surface area contributed by atoms with Crippen LogP contribution in [0.3, 0.4) is 0 Å². The first-order valence-corrected chi connectivity index (χ1v) is 9.19. The van der Waals surface area contributed by atoms with Crippen molar-refractivity contribution in [3.8, 4) is 0 Å². The predicted octanol–water partition coefficient (Wildman–Crippen LogP) is 2.29. The topological polar surface area (TPSA) is 58.6 Å². The normalized spacial score (nSPS) is 27.1. The molecule has 126 valence electrons. The summed E-state index contributed by atoms with van der Waals surface area (Å²) >= 11 is 1.53. The molecule has 1 aromatic heterocycles. The van der Waals surface area contributed by atoms with Gasteiger partial charge in [0.15, 0.2) is 0 Å². The summed E-state index contributed by atoms with van der Waals surface area (Å²) in [6.07, 6.45) is 4.69. The monoisotopic (exact) mass is 336 g/mol. The Morgan fingerprint density at radius 3 is 3.13 bits per heavy atom. The van der Waals surface area contributed by atoms with Crippen LogP contribution in [-0.4, -0.2) is 49.6 Å². The molecular formula is C17H24N2O3S. The lowest BCUT2D eigenvalue weighted by Gasteiger charge is -2.46. The Kier molecular flexibility index (Phi) is 5.02. The van der Waals surface area contributed by atoms with Crippen LogP contribution in [0, 0.1) is 5.41 Å². The first kappa shape index (κ1) is 16.5. The van der Waals surface area contributed by atoms with Crippen molar-refractivity contribution >= 4 is 23.2 Å². The summed E-state index contributed by atoms with van der Waals surface area (Å²) in [7, 11) is 1.66. The number of nitrogens with one attached hydrogen (secondary N) is 1. The number of carbonyl (C=O) groups is 2. The van der Waals surface area contributed by atoms with Crippen LogP contribution in [0.5, 0.6) is 0 Å². The Morgan fingerprint density at radius 2 is 2.39 bits per heavy atom. The number of thiophene rings is 1. The Bertz CT molecular complexity index is 560. The van der Waals surface area contributed by atoms with Gasteiger partial charge in [-0.3, -0.25) is 9.59 Å². The number of nitrogens with zero attached hydrogens (tertiary/aromatic N) is 1. The third kappa shape index (κ3) is 3.28. The van der Waals surface area contributed by atoms with E-state index in [1.54, 1.807) is 7.11 Å². The molecule has 0 spiro atoms. The molecule has 1 saturated heterocycles. The van der Waals surface area contributed by atoms with Crippen LogP contribution in [0.25, 0.3) is 0 Å². The maximum atomic E-state index is 12.3. The van der Waals surface area contributed by atoms with Gasteiger partial charge < -0.3 is 15.0 Å². The van der Waals surface area contributed by atoms with Gasteiger partial charge in [0.05, 0.1) is 6.61 Å². The van der Waals surface area contributed by atoms with E-state index < -0.39 is 0 Å². The summed E-state index contributed by atoms with van der Waals surface area (Å²) in [5.74, 6) is 0.223. The molecule has 1 aliphatic carbocycles. The smallest absolute Gasteiger partial charge is 0.252 e. The van der Waals surface area contributed by atoms with E-state index in [9.17, 15) is 9.59 Å². The highest BCUT2D eigenvalue weighted by atomic mass is 32.1. The van der Waals surface area contributed by atoms with E-state index >= 15 is 0 Å². The van der Waals surface area contributed by atoms with Gasteiger partial charge in [-0.25, -0.2) is 0 Å². The number of rotatable bonds is 6. The van der Waals surface area contributed by atoms with Crippen LogP contribution in [0.2, 0.25) is 0 Å². The van der Waals surface area contributed by atoms with E-state index in [4.69, 9.17) is 4.74 Å². The molecule has 1 N–H and O–H groups in total. The lowest BCUT2D eigenvalue weighted by Crippen LogP contribution is -2.56. The second-order valence-electron chi connectivity index (χ2n) is 6.55. The number of fused-ring (bicyclic) bond motifs is 1. The summed E-state index contributed by atoms with van der Waals surface area (Å²) < 4.78 is 5.16. The van der Waals surface area contributed by atoms with E-state index in [0.29, 0.717) is 26.1 Å². The van der Waals surface area contributed by atoms with Crippen molar-refractivity contribution < 1.29 is 14.3 Å². The first-order valence-electron chi connectivity index (χ1n) is 8.25. The molecule has 23 heavy (non-hydrogen) atoms. The molecular weight excluding hydrogens is 312 g/mol. The first-order chi connectivity index (χ1) is 11.2. The highest BCUT2D eigenvalue weighted by Gasteiger charge is 2.50. The van der Waals surface area contributed by atoms with Crippen LogP contribution in [0.15, 0.2) is 16.8 Å². The van der Waals surface area contributed by atoms with Gasteiger partial charge >= 0.3 is 0 Å². The minimum atomic E-state index is -0.00776. The van der Waals surface area contributed by atoms with Crippen LogP contribution in [0.1, 0.15) is 42.5 Å². The third-order valence-electron chi connectivity index (χ3n) is 5.31. The van der Waals surface area contributed by atoms with E-state index in [-0.39, 0.29) is 23.3 Å². The minimum absolute atomic E-state index is 0.00776. The number of carbonyl (C=O) groups excluding carboxylic acids is 2. The zero-order chi connectivity index (χ0) is 16.3. The number of amides is 2. The fourth-order valence-corrected chi connectivity index (χ4v) is 4.72. The molecule has 0 radical (unpaired) electrons. The van der Waals surface area contributed by atoms with E-state index in [2.05, 4.69) is 5.32 Å². The second kappa shape index (κ2) is 7.01. The molecule has 0 unspecified atom stereocenters. The number of hydrogen-bond acceptors (Lipinski definition) is 4. The van der Waals surface area contributed by atoms with Crippen molar-refractivity contribution in [2.75, 3.05) is 26.8 Å². The van der Waals surface area contributed by atoms with Gasteiger partial charge in [0, 0.05) is 49.0 Å². The van der Waals surface area contributed by atoms with Crippen LogP contribution in [-0.2, 0) is 9.53 Å². The van der Waals surface area contributed by atoms with E-state index in [0.717, 1.165) is 31.2 Å². The van der Waals surface area contributed by atoms with Gasteiger partial charge in [-0.2, -0.15) is 11.3 Å². The lowest BCUT2D eigenvalue weighted by molar-refractivity contribution is -0.142. The van der Waals surface area contributed by atoms with Crippen molar-refractivity contribution in [1.82, 2.24) is 10.2 Å². The number of hydrogen-bond donors (Lipinski definition) is 1. The summed E-state index contributed by atoms with van der Waals surface area (Å²) in [4.78, 5) is 26.5. The molecule has 6 heteroatoms. The molecule has 0 bridgehead atoms. The molecule has 3 rings (SSSR count). The fraction of sp³-hybridized carbons (Fsp3) is 0.647. The maximum Gasteiger partial charge on any atom is 0.252 e. The van der Waals surface area contributed by atoms with Gasteiger partial charge in [-0.05, 0) is 30.7 Å². The van der Waals surface area contributed by atoms with Crippen molar-refractivity contribution in [3.63, 3.8) is 0 Å². The highest BCUT2D eigenvalue weighted by molar-refractivity contribution is 7.08. The summed E-state index contributed by atoms with van der Waals surface area (Å²) in [5, 5.41) is 6.89. The third-order valence-corrected chi connectivity index (χ3v) is 6.00. The molecule has 2 fully saturated rings. The van der Waals surface area contributed by atoms with Gasteiger partial charge in [0.1, 0.15) is 0 Å². The van der Waals surface area contributed by atoms with Gasteiger partial charge in [0.2, 0.25) is 5.91 Å². The molecule has 1 aliphatic heterocycles. The van der Waals surface area contributed by atoms with Crippen molar-refractivity contribution in [1.29, 1.82) is 0 Å². The largest absolute Gasteiger partial charge is 0.383 e. The lowest BCUT2D eigenvalue weighted by atomic mass is 9.74. The van der Waals surface area contributed by atoms with Gasteiger partial charge in [-0.1, -0.05) is 6.42 Å². The predicted molar refractivity (Wildman–Crippen MR) is 89.5 cm³/mol. The van der Waals surface area contributed by atoms with Crippen molar-refractivity contribution in [3.05, 3.63) is 22.4 Å². The minimum Gasteiger partial charge on any atom is -0.383 e. The molecule has 2 atom stereocenters. The molecule has 1 saturated carbocycles. The fourth-order valence-electron chi connectivity index (χ4n) is 4.09. The van der Waals surface area contributed by atoms with Gasteiger partial charge in [-0.15, -0.1) is 0 Å². The van der Waals surface area contributed by atoms with Crippen LogP contribution in [0.4, 0.5) is 0 Å². The van der Waals surface area contributed by atoms with Gasteiger partial charge in [0.25, 0.3) is 5.91 Å². The number of piperidine rings is 1. The summed E-state index contributed by atoms with van der Waals surface area (Å²) in [6, 6.07) is 2.08. The average molecular weight is 336 g/mol. The molecule has 2 heterocycles. The molecule has 1 aromatic rings. The summed E-state index contributed by atoms with van der Waals surface area (Å²) in [5.41, 5.74) is 0.761. The maximum absolute atomic E-state index is 12.3.